The van der Waals surface area contributed by atoms with E-state index in [4.69, 9.17) is 4.42 Å². The molecule has 0 spiro atoms. The van der Waals surface area contributed by atoms with Crippen LogP contribution in [0.1, 0.15) is 22.1 Å². The summed E-state index contributed by atoms with van der Waals surface area (Å²) in [6, 6.07) is 12.9. The number of anilines is 2. The molecular formula is C27H18F3N3O6S2. The van der Waals surface area contributed by atoms with Gasteiger partial charge in [-0.1, -0.05) is 29.2 Å². The van der Waals surface area contributed by atoms with E-state index >= 15 is 0 Å². The van der Waals surface area contributed by atoms with Crippen molar-refractivity contribution in [3.8, 4) is 5.75 Å². The van der Waals surface area contributed by atoms with Crippen LogP contribution in [0.5, 0.6) is 5.75 Å². The maximum atomic E-state index is 13.7. The first-order chi connectivity index (χ1) is 19.5. The number of nitrogens with one attached hydrogen (secondary N) is 1. The Hall–Kier alpha value is -4.30. The average Bonchev–Trinajstić information content (AvgIpc) is 3.62. The third-order valence-electron chi connectivity index (χ3n) is 6.78. The molecule has 41 heavy (non-hydrogen) atoms. The normalized spacial score (nSPS) is 20.2. The summed E-state index contributed by atoms with van der Waals surface area (Å²) >= 11 is 1.74. The molecule has 2 aromatic carbocycles. The highest BCUT2D eigenvalue weighted by molar-refractivity contribution is 8.00. The van der Waals surface area contributed by atoms with Gasteiger partial charge in [-0.15, -0.1) is 0 Å². The van der Waals surface area contributed by atoms with E-state index in [-0.39, 0.29) is 11.4 Å². The molecule has 210 valence electrons. The highest BCUT2D eigenvalue weighted by Gasteiger charge is 2.57. The number of amides is 3. The van der Waals surface area contributed by atoms with Crippen LogP contribution in [0.3, 0.4) is 0 Å². The Morgan fingerprint density at radius 1 is 1.02 bits per heavy atom. The predicted molar refractivity (Wildman–Crippen MR) is 143 cm³/mol. The first-order valence-corrected chi connectivity index (χ1v) is 13.8. The molecule has 2 aliphatic rings. The van der Waals surface area contributed by atoms with Crippen LogP contribution in [-0.4, -0.2) is 32.6 Å². The summed E-state index contributed by atoms with van der Waals surface area (Å²) in [4.78, 5) is 54.0. The Morgan fingerprint density at radius 2 is 1.78 bits per heavy atom. The van der Waals surface area contributed by atoms with Gasteiger partial charge in [-0.05, 0) is 54.6 Å². The molecule has 14 heteroatoms. The number of hydrogen-bond donors (Lipinski definition) is 2. The fourth-order valence-electron chi connectivity index (χ4n) is 4.99. The highest BCUT2D eigenvalue weighted by atomic mass is 32.2. The molecule has 0 aliphatic carbocycles. The standard InChI is InChI=1S/C27H18F3N3O6S2/c28-27(29,30)13-3-1-4-15(11-13)33-23(36)20-19(17-5-2-10-39-17)22-25(40-21(20)24(33)37)32(26(38)41-22)12-18(35)31-14-6-8-16(34)9-7-14/h1-11,19-21,34H,12H2,(H,31,35)/t19-,20-,21+/m0/s1. The van der Waals surface area contributed by atoms with Crippen molar-refractivity contribution in [3.63, 3.8) is 0 Å². The molecule has 0 saturated carbocycles. The van der Waals surface area contributed by atoms with E-state index in [2.05, 4.69) is 5.32 Å². The van der Waals surface area contributed by atoms with Crippen LogP contribution in [0.15, 0.2) is 81.2 Å². The summed E-state index contributed by atoms with van der Waals surface area (Å²) in [7, 11) is 0. The number of carbonyl (C=O) groups is 3. The van der Waals surface area contributed by atoms with Crippen LogP contribution in [0.4, 0.5) is 24.5 Å². The van der Waals surface area contributed by atoms with Gasteiger partial charge in [0.25, 0.3) is 0 Å². The third kappa shape index (κ3) is 4.72. The molecule has 6 rings (SSSR count). The minimum atomic E-state index is -4.68. The van der Waals surface area contributed by atoms with Gasteiger partial charge in [0.15, 0.2) is 0 Å². The highest BCUT2D eigenvalue weighted by Crippen LogP contribution is 2.54. The van der Waals surface area contributed by atoms with E-state index in [1.807, 2.05) is 0 Å². The number of phenols is 1. The number of thioether (sulfide) groups is 1. The van der Waals surface area contributed by atoms with Crippen molar-refractivity contribution in [2.45, 2.75) is 28.9 Å². The second-order valence-corrected chi connectivity index (χ2v) is 11.5. The fraction of sp³-hybridized carbons (Fsp3) is 0.185. The van der Waals surface area contributed by atoms with Gasteiger partial charge >= 0.3 is 11.0 Å². The Balaban J connectivity index is 1.38. The molecule has 4 aromatic rings. The molecule has 9 nitrogen and oxygen atoms in total. The van der Waals surface area contributed by atoms with Gasteiger partial charge in [0.2, 0.25) is 17.7 Å². The Bertz CT molecular complexity index is 1730. The SMILES string of the molecule is O=C(Cn1c2c(sc1=O)[C@@H](c1ccco1)[C@@H]1C(=O)N(c3cccc(C(F)(F)F)c3)C(=O)[C@@H]1S2)Nc1ccc(O)cc1. The van der Waals surface area contributed by atoms with Crippen molar-refractivity contribution in [1.29, 1.82) is 0 Å². The number of aromatic nitrogens is 1. The minimum Gasteiger partial charge on any atom is -0.508 e. The third-order valence-corrected chi connectivity index (χ3v) is 9.39. The van der Waals surface area contributed by atoms with Crippen LogP contribution in [0, 0.1) is 5.92 Å². The van der Waals surface area contributed by atoms with Crippen molar-refractivity contribution in [2.24, 2.45) is 5.92 Å². The number of benzene rings is 2. The summed E-state index contributed by atoms with van der Waals surface area (Å²) in [5.74, 6) is -3.61. The average molecular weight is 602 g/mol. The van der Waals surface area contributed by atoms with Crippen LogP contribution in [0.2, 0.25) is 0 Å². The summed E-state index contributed by atoms with van der Waals surface area (Å²) in [5.41, 5.74) is -0.829. The van der Waals surface area contributed by atoms with Crippen LogP contribution < -0.4 is 15.1 Å². The molecule has 1 fully saturated rings. The van der Waals surface area contributed by atoms with Crippen molar-refractivity contribution in [2.75, 3.05) is 10.2 Å². The van der Waals surface area contributed by atoms with Crippen LogP contribution >= 0.6 is 23.1 Å². The van der Waals surface area contributed by atoms with E-state index < -0.39 is 58.0 Å². The molecule has 2 aromatic heterocycles. The minimum absolute atomic E-state index is 0.0102. The summed E-state index contributed by atoms with van der Waals surface area (Å²) < 4.78 is 47.0. The van der Waals surface area contributed by atoms with Gasteiger partial charge in [-0.25, -0.2) is 4.90 Å². The van der Waals surface area contributed by atoms with E-state index in [0.717, 1.165) is 46.2 Å². The predicted octanol–water partition coefficient (Wildman–Crippen LogP) is 4.66. The van der Waals surface area contributed by atoms with Crippen molar-refractivity contribution in [1.82, 2.24) is 4.57 Å². The van der Waals surface area contributed by atoms with Gasteiger partial charge in [0.05, 0.1) is 39.3 Å². The second kappa shape index (κ2) is 9.96. The molecule has 4 heterocycles. The monoisotopic (exact) mass is 601 g/mol. The number of rotatable bonds is 5. The Kier molecular flexibility index (Phi) is 6.53. The number of fused-ring (bicyclic) bond motifs is 2. The number of phenolic OH excluding ortho intramolecular Hbond substituents is 1. The summed E-state index contributed by atoms with van der Waals surface area (Å²) in [6.45, 7) is -0.402. The lowest BCUT2D eigenvalue weighted by Gasteiger charge is -2.29. The zero-order valence-electron chi connectivity index (χ0n) is 20.6. The molecule has 0 unspecified atom stereocenters. The molecule has 2 N–H and O–H groups in total. The van der Waals surface area contributed by atoms with E-state index in [9.17, 15) is 37.5 Å². The van der Waals surface area contributed by atoms with Gasteiger partial charge in [0, 0.05) is 5.69 Å². The second-order valence-electron chi connectivity index (χ2n) is 9.34. The number of alkyl halides is 3. The molecule has 3 amide bonds. The summed E-state index contributed by atoms with van der Waals surface area (Å²) in [5, 5.41) is 11.3. The van der Waals surface area contributed by atoms with Gasteiger partial charge in [-0.2, -0.15) is 13.2 Å². The smallest absolute Gasteiger partial charge is 0.416 e. The van der Waals surface area contributed by atoms with E-state index in [0.29, 0.717) is 21.4 Å². The largest absolute Gasteiger partial charge is 0.508 e. The molecule has 0 radical (unpaired) electrons. The quantitative estimate of drug-likeness (QED) is 0.252. The molecule has 0 bridgehead atoms. The lowest BCUT2D eigenvalue weighted by Crippen LogP contribution is -2.32. The molecular weight excluding hydrogens is 583 g/mol. The number of imide groups is 1. The number of nitrogens with zero attached hydrogens (tertiary/aromatic N) is 2. The van der Waals surface area contributed by atoms with Crippen LogP contribution in [0.25, 0.3) is 0 Å². The van der Waals surface area contributed by atoms with Gasteiger partial charge < -0.3 is 14.8 Å². The molecule has 3 atom stereocenters. The lowest BCUT2D eigenvalue weighted by molar-refractivity contribution is -0.137. The first-order valence-electron chi connectivity index (χ1n) is 12.1. The number of thiazole rings is 1. The van der Waals surface area contributed by atoms with Crippen molar-refractivity contribution >= 4 is 52.2 Å². The lowest BCUT2D eigenvalue weighted by atomic mass is 9.87. The Morgan fingerprint density at radius 3 is 2.46 bits per heavy atom. The van der Waals surface area contributed by atoms with Gasteiger partial charge in [-0.3, -0.25) is 23.7 Å². The molecule has 1 saturated heterocycles. The maximum Gasteiger partial charge on any atom is 0.416 e. The van der Waals surface area contributed by atoms with Gasteiger partial charge in [0.1, 0.15) is 23.3 Å². The molecule has 2 aliphatic heterocycles. The zero-order valence-corrected chi connectivity index (χ0v) is 22.3. The fourth-order valence-corrected chi connectivity index (χ4v) is 7.75. The number of aromatic hydroxyl groups is 1. The topological polar surface area (TPSA) is 122 Å². The van der Waals surface area contributed by atoms with E-state index in [1.54, 1.807) is 12.1 Å². The van der Waals surface area contributed by atoms with Crippen molar-refractivity contribution in [3.05, 3.63) is 92.8 Å². The zero-order chi connectivity index (χ0) is 29.1. The van der Waals surface area contributed by atoms with E-state index in [1.165, 1.54) is 41.2 Å². The first kappa shape index (κ1) is 26.9. The van der Waals surface area contributed by atoms with Crippen molar-refractivity contribution < 1.29 is 37.1 Å². The number of hydrogen-bond acceptors (Lipinski definition) is 8. The van der Waals surface area contributed by atoms with Crippen LogP contribution in [-0.2, 0) is 27.1 Å². The Labute approximate surface area is 237 Å². The number of carbonyl (C=O) groups excluding carboxylic acids is 3. The summed E-state index contributed by atoms with van der Waals surface area (Å²) in [6.07, 6.45) is -3.30. The maximum absolute atomic E-state index is 13.7. The number of furan rings is 1. The number of halogens is 3.